The number of rotatable bonds is 6. The first kappa shape index (κ1) is 18.4. The highest BCUT2D eigenvalue weighted by atomic mass is 28.4. The van der Waals surface area contributed by atoms with Gasteiger partial charge in [0, 0.05) is 0 Å². The summed E-state index contributed by atoms with van der Waals surface area (Å²) in [7, 11) is -1.65. The second-order valence-corrected chi connectivity index (χ2v) is 12.5. The molecule has 0 aromatic rings. The molecule has 2 nitrogen and oxygen atoms in total. The van der Waals surface area contributed by atoms with Gasteiger partial charge in [0.05, 0.1) is 5.60 Å². The summed E-state index contributed by atoms with van der Waals surface area (Å²) >= 11 is 0. The van der Waals surface area contributed by atoms with Gasteiger partial charge in [0.15, 0.2) is 8.32 Å². The molecule has 0 radical (unpaired) electrons. The largest absolute Gasteiger partial charge is 0.412 e. The molecule has 1 fully saturated rings. The van der Waals surface area contributed by atoms with Crippen molar-refractivity contribution in [3.8, 4) is 0 Å². The first-order valence-electron chi connectivity index (χ1n) is 7.97. The Morgan fingerprint density at radius 1 is 1.33 bits per heavy atom. The van der Waals surface area contributed by atoms with Crippen LogP contribution in [0.25, 0.3) is 0 Å². The molecule has 21 heavy (non-hydrogen) atoms. The summed E-state index contributed by atoms with van der Waals surface area (Å²) in [5, 5.41) is 0. The van der Waals surface area contributed by atoms with Gasteiger partial charge in [-0.15, -0.1) is 6.58 Å². The van der Waals surface area contributed by atoms with Gasteiger partial charge in [-0.2, -0.15) is 0 Å². The van der Waals surface area contributed by atoms with Crippen LogP contribution in [0.4, 0.5) is 0 Å². The smallest absolute Gasteiger partial charge is 0.184 e. The van der Waals surface area contributed by atoms with E-state index in [0.29, 0.717) is 11.5 Å². The molecular weight excluding hydrogens is 276 g/mol. The van der Waals surface area contributed by atoms with Gasteiger partial charge >= 0.3 is 0 Å². The second-order valence-electron chi connectivity index (χ2n) is 8.09. The predicted octanol–water partition coefficient (Wildman–Crippen LogP) is 4.98. The van der Waals surface area contributed by atoms with Gasteiger partial charge in [-0.3, -0.25) is 4.79 Å². The molecule has 0 aromatic carbocycles. The third kappa shape index (κ3) is 3.95. The van der Waals surface area contributed by atoms with Crippen LogP contribution in [0.2, 0.25) is 19.6 Å². The van der Waals surface area contributed by atoms with Crippen LogP contribution in [-0.2, 0) is 9.22 Å². The molecule has 0 amide bonds. The van der Waals surface area contributed by atoms with E-state index >= 15 is 0 Å². The SMILES string of the molecule is C=C[C@]1(C)CC[C@@](O[Si](C)(C)C)(C(C)C)C[C@H]1C(=C)C=O. The highest BCUT2D eigenvalue weighted by Crippen LogP contribution is 2.52. The molecule has 120 valence electrons. The van der Waals surface area contributed by atoms with E-state index in [9.17, 15) is 4.79 Å². The molecule has 0 spiro atoms. The van der Waals surface area contributed by atoms with E-state index in [1.165, 1.54) is 0 Å². The molecule has 1 saturated carbocycles. The zero-order valence-corrected chi connectivity index (χ0v) is 15.7. The average Bonchev–Trinajstić information content (AvgIpc) is 2.38. The molecule has 0 N–H and O–H groups in total. The lowest BCUT2D eigenvalue weighted by Crippen LogP contribution is -2.53. The predicted molar refractivity (Wildman–Crippen MR) is 92.8 cm³/mol. The Balaban J connectivity index is 3.19. The Labute approximate surface area is 131 Å². The Morgan fingerprint density at radius 3 is 2.29 bits per heavy atom. The number of hydrogen-bond acceptors (Lipinski definition) is 2. The molecule has 1 rings (SSSR count). The molecule has 0 unspecified atom stereocenters. The Bertz CT molecular complexity index is 421. The molecule has 1 aliphatic rings. The second kappa shape index (κ2) is 6.21. The van der Waals surface area contributed by atoms with E-state index in [2.05, 4.69) is 53.6 Å². The minimum absolute atomic E-state index is 0.0564. The van der Waals surface area contributed by atoms with E-state index in [1.54, 1.807) is 0 Å². The number of aldehydes is 1. The summed E-state index contributed by atoms with van der Waals surface area (Å²) in [5.41, 5.74) is 0.490. The van der Waals surface area contributed by atoms with Crippen molar-refractivity contribution in [3.63, 3.8) is 0 Å². The van der Waals surface area contributed by atoms with Crippen molar-refractivity contribution in [2.24, 2.45) is 17.3 Å². The lowest BCUT2D eigenvalue weighted by Gasteiger charge is -2.53. The molecule has 3 heteroatoms. The normalized spacial score (nSPS) is 33.8. The Kier molecular flexibility index (Phi) is 5.44. The van der Waals surface area contributed by atoms with Crippen molar-refractivity contribution < 1.29 is 9.22 Å². The van der Waals surface area contributed by atoms with Crippen LogP contribution >= 0.6 is 0 Å². The number of allylic oxidation sites excluding steroid dienone is 2. The van der Waals surface area contributed by atoms with Crippen LogP contribution in [0.3, 0.4) is 0 Å². The van der Waals surface area contributed by atoms with Gasteiger partial charge in [0.2, 0.25) is 0 Å². The van der Waals surface area contributed by atoms with E-state index in [-0.39, 0.29) is 16.9 Å². The molecule has 0 bridgehead atoms. The number of carbonyl (C=O) groups is 1. The highest BCUT2D eigenvalue weighted by molar-refractivity contribution is 6.69. The zero-order valence-electron chi connectivity index (χ0n) is 14.7. The lowest BCUT2D eigenvalue weighted by molar-refractivity contribution is -0.107. The minimum Gasteiger partial charge on any atom is -0.412 e. The van der Waals surface area contributed by atoms with Crippen LogP contribution in [0.5, 0.6) is 0 Å². The van der Waals surface area contributed by atoms with Crippen LogP contribution < -0.4 is 0 Å². The van der Waals surface area contributed by atoms with E-state index in [4.69, 9.17) is 4.43 Å². The first-order chi connectivity index (χ1) is 9.49. The molecular formula is C18H32O2Si. The van der Waals surface area contributed by atoms with Crippen molar-refractivity contribution >= 4 is 14.6 Å². The van der Waals surface area contributed by atoms with Crippen molar-refractivity contribution in [1.29, 1.82) is 0 Å². The zero-order chi connectivity index (χ0) is 16.5. The van der Waals surface area contributed by atoms with Gasteiger partial charge in [0.1, 0.15) is 6.29 Å². The average molecular weight is 309 g/mol. The number of hydrogen-bond donors (Lipinski definition) is 0. The third-order valence-electron chi connectivity index (χ3n) is 5.06. The molecule has 3 atom stereocenters. The summed E-state index contributed by atoms with van der Waals surface area (Å²) in [6, 6.07) is 0. The first-order valence-corrected chi connectivity index (χ1v) is 11.4. The Morgan fingerprint density at radius 2 is 1.90 bits per heavy atom. The van der Waals surface area contributed by atoms with Crippen LogP contribution in [0.1, 0.15) is 40.0 Å². The minimum atomic E-state index is -1.65. The van der Waals surface area contributed by atoms with Crippen LogP contribution in [-0.4, -0.2) is 20.2 Å². The monoisotopic (exact) mass is 308 g/mol. The van der Waals surface area contributed by atoms with Crippen LogP contribution in [0, 0.1) is 17.3 Å². The third-order valence-corrected chi connectivity index (χ3v) is 6.08. The van der Waals surface area contributed by atoms with E-state index in [0.717, 1.165) is 25.5 Å². The summed E-state index contributed by atoms with van der Waals surface area (Å²) in [4.78, 5) is 11.3. The molecule has 0 aliphatic heterocycles. The van der Waals surface area contributed by atoms with Gasteiger partial charge in [-0.1, -0.05) is 33.4 Å². The maximum atomic E-state index is 11.3. The molecule has 0 heterocycles. The maximum absolute atomic E-state index is 11.3. The maximum Gasteiger partial charge on any atom is 0.184 e. The molecule has 1 aliphatic carbocycles. The lowest BCUT2D eigenvalue weighted by atomic mass is 9.59. The fourth-order valence-electron chi connectivity index (χ4n) is 3.56. The van der Waals surface area contributed by atoms with E-state index in [1.807, 2.05) is 6.08 Å². The Hall–Kier alpha value is -0.673. The molecule has 0 aromatic heterocycles. The quantitative estimate of drug-likeness (QED) is 0.299. The van der Waals surface area contributed by atoms with Crippen molar-refractivity contribution in [2.75, 3.05) is 0 Å². The molecule has 0 saturated heterocycles. The standard InChI is InChI=1S/C18H32O2Si/c1-9-17(5)10-11-18(14(2)3,20-21(6,7)8)12-16(17)15(4)13-19/h9,13-14,16H,1,4,10-12H2,2-3,5-8H3/t16-,17+,18-/m0/s1. The summed E-state index contributed by atoms with van der Waals surface area (Å²) in [6.07, 6.45) is 5.81. The summed E-state index contributed by atoms with van der Waals surface area (Å²) < 4.78 is 6.64. The number of carbonyl (C=O) groups excluding carboxylic acids is 1. The van der Waals surface area contributed by atoms with Gasteiger partial charge in [0.25, 0.3) is 0 Å². The summed E-state index contributed by atoms with van der Waals surface area (Å²) in [5.74, 6) is 0.556. The van der Waals surface area contributed by atoms with Crippen LogP contribution in [0.15, 0.2) is 24.8 Å². The van der Waals surface area contributed by atoms with Gasteiger partial charge < -0.3 is 4.43 Å². The fourth-order valence-corrected chi connectivity index (χ4v) is 5.20. The topological polar surface area (TPSA) is 26.3 Å². The van der Waals surface area contributed by atoms with Gasteiger partial charge in [-0.25, -0.2) is 0 Å². The van der Waals surface area contributed by atoms with Crippen molar-refractivity contribution in [2.45, 2.75) is 65.3 Å². The van der Waals surface area contributed by atoms with E-state index < -0.39 is 8.32 Å². The summed E-state index contributed by atoms with van der Waals surface area (Å²) in [6.45, 7) is 21.4. The van der Waals surface area contributed by atoms with Crippen molar-refractivity contribution in [3.05, 3.63) is 24.8 Å². The highest BCUT2D eigenvalue weighted by Gasteiger charge is 2.49. The van der Waals surface area contributed by atoms with Gasteiger partial charge in [-0.05, 0) is 61.7 Å². The fraction of sp³-hybridized carbons (Fsp3) is 0.722. The van der Waals surface area contributed by atoms with Crippen molar-refractivity contribution in [1.82, 2.24) is 0 Å².